The number of nitrogens with zero attached hydrogens (tertiary/aromatic N) is 1. The Kier molecular flexibility index (Phi) is 6.90. The van der Waals surface area contributed by atoms with E-state index in [1.165, 1.54) is 13.2 Å². The first-order valence-corrected chi connectivity index (χ1v) is 8.43. The number of amides is 1. The molecule has 2 aromatic carbocycles. The van der Waals surface area contributed by atoms with Crippen molar-refractivity contribution in [2.45, 2.75) is 6.92 Å². The van der Waals surface area contributed by atoms with Gasteiger partial charge in [-0.15, -0.1) is 0 Å². The fourth-order valence-electron chi connectivity index (χ4n) is 2.20. The molecule has 1 amide bonds. The highest BCUT2D eigenvalue weighted by Crippen LogP contribution is 2.37. The molecule has 0 radical (unpaired) electrons. The van der Waals surface area contributed by atoms with Crippen LogP contribution >= 0.6 is 23.2 Å². The second-order valence-electron chi connectivity index (χ2n) is 5.07. The maximum absolute atomic E-state index is 12.4. The lowest BCUT2D eigenvalue weighted by Crippen LogP contribution is -2.13. The topological polar surface area (TPSA) is 71.3 Å². The highest BCUT2D eigenvalue weighted by Gasteiger charge is 2.14. The second-order valence-corrected chi connectivity index (χ2v) is 5.89. The molecule has 7 heteroatoms. The number of hydrogen-bond donors (Lipinski definition) is 1. The number of hydrogen-bond acceptors (Lipinski definition) is 4. The lowest BCUT2D eigenvalue weighted by Gasteiger charge is -2.12. The number of nitriles is 1. The van der Waals surface area contributed by atoms with Crippen LogP contribution in [0.15, 0.2) is 42.0 Å². The predicted octanol–water partition coefficient (Wildman–Crippen LogP) is 4.95. The lowest BCUT2D eigenvalue weighted by atomic mass is 10.1. The molecule has 0 atom stereocenters. The fourth-order valence-corrected chi connectivity index (χ4v) is 2.68. The van der Waals surface area contributed by atoms with E-state index in [1.807, 2.05) is 13.0 Å². The van der Waals surface area contributed by atoms with Crippen LogP contribution in [0.4, 0.5) is 5.69 Å². The molecule has 1 N–H and O–H groups in total. The zero-order chi connectivity index (χ0) is 19.1. The first kappa shape index (κ1) is 19.6. The van der Waals surface area contributed by atoms with Crippen LogP contribution in [0.25, 0.3) is 6.08 Å². The molecule has 0 aliphatic rings. The van der Waals surface area contributed by atoms with Gasteiger partial charge in [-0.1, -0.05) is 35.3 Å². The van der Waals surface area contributed by atoms with Gasteiger partial charge in [0.25, 0.3) is 5.91 Å². The van der Waals surface area contributed by atoms with E-state index in [0.717, 1.165) is 0 Å². The van der Waals surface area contributed by atoms with Gasteiger partial charge < -0.3 is 14.8 Å². The molecule has 26 heavy (non-hydrogen) atoms. The SMILES string of the molecule is CCOc1cc(/C=C(\C#N)C(=O)Nc2ccccc2Cl)cc(Cl)c1OC. The summed E-state index contributed by atoms with van der Waals surface area (Å²) in [6.45, 7) is 2.24. The van der Waals surface area contributed by atoms with Crippen LogP contribution in [-0.4, -0.2) is 19.6 Å². The molecule has 5 nitrogen and oxygen atoms in total. The Morgan fingerprint density at radius 3 is 2.62 bits per heavy atom. The Balaban J connectivity index is 2.35. The number of ether oxygens (including phenoxy) is 2. The molecule has 0 saturated carbocycles. The summed E-state index contributed by atoms with van der Waals surface area (Å²) in [6, 6.07) is 11.9. The summed E-state index contributed by atoms with van der Waals surface area (Å²) in [5, 5.41) is 12.6. The highest BCUT2D eigenvalue weighted by atomic mass is 35.5. The minimum absolute atomic E-state index is 0.103. The second kappa shape index (κ2) is 9.14. The van der Waals surface area contributed by atoms with Crippen LogP contribution in [0.3, 0.4) is 0 Å². The monoisotopic (exact) mass is 390 g/mol. The maximum atomic E-state index is 12.4. The number of rotatable bonds is 6. The molecule has 0 heterocycles. The summed E-state index contributed by atoms with van der Waals surface area (Å²) in [6.07, 6.45) is 1.42. The average Bonchev–Trinajstić information content (AvgIpc) is 2.61. The van der Waals surface area contributed by atoms with E-state index in [0.29, 0.717) is 39.4 Å². The van der Waals surface area contributed by atoms with Crippen molar-refractivity contribution in [3.05, 3.63) is 57.6 Å². The van der Waals surface area contributed by atoms with E-state index < -0.39 is 5.91 Å². The van der Waals surface area contributed by atoms with Crippen LogP contribution in [0.2, 0.25) is 10.0 Å². The number of carbonyl (C=O) groups is 1. The summed E-state index contributed by atoms with van der Waals surface area (Å²) >= 11 is 12.2. The van der Waals surface area contributed by atoms with Crippen molar-refractivity contribution < 1.29 is 14.3 Å². The molecule has 0 unspecified atom stereocenters. The van der Waals surface area contributed by atoms with E-state index in [1.54, 1.807) is 36.4 Å². The van der Waals surface area contributed by atoms with Gasteiger partial charge in [0, 0.05) is 0 Å². The van der Waals surface area contributed by atoms with Gasteiger partial charge in [-0.3, -0.25) is 4.79 Å². The summed E-state index contributed by atoms with van der Waals surface area (Å²) in [7, 11) is 1.48. The van der Waals surface area contributed by atoms with Gasteiger partial charge in [0.2, 0.25) is 0 Å². The third-order valence-corrected chi connectivity index (χ3v) is 3.94. The van der Waals surface area contributed by atoms with E-state index in [-0.39, 0.29) is 5.57 Å². The number of nitrogens with one attached hydrogen (secondary N) is 1. The van der Waals surface area contributed by atoms with Gasteiger partial charge in [0.1, 0.15) is 11.6 Å². The quantitative estimate of drug-likeness (QED) is 0.559. The molecule has 0 aliphatic carbocycles. The van der Waals surface area contributed by atoms with E-state index in [9.17, 15) is 10.1 Å². The molecule has 2 rings (SSSR count). The van der Waals surface area contributed by atoms with Gasteiger partial charge in [-0.25, -0.2) is 0 Å². The molecule has 0 bridgehead atoms. The highest BCUT2D eigenvalue weighted by molar-refractivity contribution is 6.34. The van der Waals surface area contributed by atoms with Gasteiger partial charge in [-0.05, 0) is 42.8 Å². The Morgan fingerprint density at radius 2 is 2.00 bits per heavy atom. The Bertz CT molecular complexity index is 889. The summed E-state index contributed by atoms with van der Waals surface area (Å²) in [5.74, 6) is 0.243. The predicted molar refractivity (Wildman–Crippen MR) is 103 cm³/mol. The minimum atomic E-state index is -0.578. The smallest absolute Gasteiger partial charge is 0.266 e. The van der Waals surface area contributed by atoms with Crippen molar-refractivity contribution in [2.24, 2.45) is 0 Å². The molecule has 0 spiro atoms. The zero-order valence-corrected chi connectivity index (χ0v) is 15.7. The van der Waals surface area contributed by atoms with Gasteiger partial charge >= 0.3 is 0 Å². The van der Waals surface area contributed by atoms with Crippen LogP contribution in [0, 0.1) is 11.3 Å². The van der Waals surface area contributed by atoms with Gasteiger partial charge in [-0.2, -0.15) is 5.26 Å². The van der Waals surface area contributed by atoms with Gasteiger partial charge in [0.05, 0.1) is 29.4 Å². The van der Waals surface area contributed by atoms with E-state index in [4.69, 9.17) is 32.7 Å². The average molecular weight is 391 g/mol. The third-order valence-electron chi connectivity index (χ3n) is 3.33. The summed E-state index contributed by atoms with van der Waals surface area (Å²) in [5.41, 5.74) is 0.849. The zero-order valence-electron chi connectivity index (χ0n) is 14.2. The first-order chi connectivity index (χ1) is 12.5. The lowest BCUT2D eigenvalue weighted by molar-refractivity contribution is -0.112. The van der Waals surface area contributed by atoms with Gasteiger partial charge in [0.15, 0.2) is 11.5 Å². The standard InChI is InChI=1S/C19H16Cl2N2O3/c1-3-26-17-10-12(9-15(21)18(17)25-2)8-13(11-22)19(24)23-16-7-5-4-6-14(16)20/h4-10H,3H2,1-2H3,(H,23,24)/b13-8+. The molecule has 0 aromatic heterocycles. The molecule has 2 aromatic rings. The first-order valence-electron chi connectivity index (χ1n) is 7.68. The Morgan fingerprint density at radius 1 is 1.27 bits per heavy atom. The van der Waals surface area contributed by atoms with Crippen LogP contribution in [-0.2, 0) is 4.79 Å². The molecule has 134 valence electrons. The van der Waals surface area contributed by atoms with Crippen molar-refractivity contribution in [3.8, 4) is 17.6 Å². The van der Waals surface area contributed by atoms with Crippen molar-refractivity contribution in [1.82, 2.24) is 0 Å². The largest absolute Gasteiger partial charge is 0.491 e. The van der Waals surface area contributed by atoms with Crippen LogP contribution in [0.1, 0.15) is 12.5 Å². The van der Waals surface area contributed by atoms with Crippen molar-refractivity contribution in [3.63, 3.8) is 0 Å². The number of para-hydroxylation sites is 1. The molecular formula is C19H16Cl2N2O3. The van der Waals surface area contributed by atoms with Crippen LogP contribution in [0.5, 0.6) is 11.5 Å². The molecular weight excluding hydrogens is 375 g/mol. The molecule has 0 fully saturated rings. The fraction of sp³-hybridized carbons (Fsp3) is 0.158. The van der Waals surface area contributed by atoms with Crippen molar-refractivity contribution in [1.29, 1.82) is 5.26 Å². The number of carbonyl (C=O) groups excluding carboxylic acids is 1. The van der Waals surface area contributed by atoms with Crippen LogP contribution < -0.4 is 14.8 Å². The Hall–Kier alpha value is -2.68. The summed E-state index contributed by atoms with van der Waals surface area (Å²) < 4.78 is 10.7. The number of anilines is 1. The molecule has 0 saturated heterocycles. The number of halogens is 2. The minimum Gasteiger partial charge on any atom is -0.491 e. The third kappa shape index (κ3) is 4.69. The molecule has 0 aliphatic heterocycles. The van der Waals surface area contributed by atoms with Crippen molar-refractivity contribution in [2.75, 3.05) is 19.0 Å². The van der Waals surface area contributed by atoms with E-state index in [2.05, 4.69) is 5.32 Å². The number of methoxy groups -OCH3 is 1. The summed E-state index contributed by atoms with van der Waals surface area (Å²) in [4.78, 5) is 12.4. The normalized spacial score (nSPS) is 10.8. The Labute approximate surface area is 161 Å². The maximum Gasteiger partial charge on any atom is 0.266 e. The van der Waals surface area contributed by atoms with E-state index >= 15 is 0 Å². The number of benzene rings is 2. The van der Waals surface area contributed by atoms with Crippen molar-refractivity contribution >= 4 is 40.9 Å².